The van der Waals surface area contributed by atoms with Crippen molar-refractivity contribution in [3.63, 3.8) is 0 Å². The van der Waals surface area contributed by atoms with Crippen molar-refractivity contribution < 1.29 is 9.90 Å². The third-order valence-electron chi connectivity index (χ3n) is 4.54. The molecular weight excluding hydrogens is 248 g/mol. The third-order valence-corrected chi connectivity index (χ3v) is 4.54. The molecule has 2 nitrogen and oxygen atoms in total. The molecule has 1 rings (SSSR count). The first kappa shape index (κ1) is 17.4. The molecule has 0 aromatic carbocycles. The minimum absolute atomic E-state index is 0.0726. The summed E-state index contributed by atoms with van der Waals surface area (Å²) in [7, 11) is 0. The van der Waals surface area contributed by atoms with Gasteiger partial charge in [0.15, 0.2) is 0 Å². The van der Waals surface area contributed by atoms with E-state index in [1.807, 2.05) is 0 Å². The molecule has 0 heterocycles. The van der Waals surface area contributed by atoms with Gasteiger partial charge in [0.2, 0.25) is 0 Å². The van der Waals surface area contributed by atoms with E-state index < -0.39 is 0 Å². The number of carbonyl (C=O) groups excluding carboxylic acids is 1. The molecular formula is C18H32O2. The number of unbranched alkanes of at least 4 members (excludes halogenated alkanes) is 4. The second-order valence-corrected chi connectivity index (χ2v) is 6.16. The summed E-state index contributed by atoms with van der Waals surface area (Å²) < 4.78 is 0. The van der Waals surface area contributed by atoms with Crippen LogP contribution in [0.15, 0.2) is 12.2 Å². The number of hydrogen-bond acceptors (Lipinski definition) is 2. The summed E-state index contributed by atoms with van der Waals surface area (Å²) in [6, 6.07) is 0. The molecule has 3 atom stereocenters. The van der Waals surface area contributed by atoms with E-state index in [1.165, 1.54) is 25.7 Å². The van der Waals surface area contributed by atoms with Crippen molar-refractivity contribution in [2.75, 3.05) is 0 Å². The Balaban J connectivity index is 2.34. The molecule has 1 N–H and O–H groups in total. The normalized spacial score (nSPS) is 24.6. The average molecular weight is 280 g/mol. The average Bonchev–Trinajstić information content (AvgIpc) is 2.80. The highest BCUT2D eigenvalue weighted by molar-refractivity contribution is 5.83. The van der Waals surface area contributed by atoms with Gasteiger partial charge in [0.05, 0.1) is 6.10 Å². The highest BCUT2D eigenvalue weighted by Gasteiger charge is 2.37. The van der Waals surface area contributed by atoms with Crippen molar-refractivity contribution in [3.05, 3.63) is 12.2 Å². The highest BCUT2D eigenvalue weighted by Crippen LogP contribution is 2.35. The molecule has 2 heteroatoms. The van der Waals surface area contributed by atoms with Crippen LogP contribution in [0.2, 0.25) is 0 Å². The number of allylic oxidation sites excluding steroid dienone is 2. The van der Waals surface area contributed by atoms with E-state index in [1.54, 1.807) is 0 Å². The van der Waals surface area contributed by atoms with Gasteiger partial charge in [-0.15, -0.1) is 0 Å². The molecule has 0 saturated heterocycles. The van der Waals surface area contributed by atoms with E-state index in [0.29, 0.717) is 12.2 Å². The SMILES string of the molecule is CC/C=C\CC1C(=O)CCC1C(O)CCCCCCC. The Kier molecular flexibility index (Phi) is 8.84. The van der Waals surface area contributed by atoms with Gasteiger partial charge in [0.1, 0.15) is 5.78 Å². The smallest absolute Gasteiger partial charge is 0.136 e. The molecule has 1 fully saturated rings. The van der Waals surface area contributed by atoms with Crippen LogP contribution in [0.3, 0.4) is 0 Å². The number of Topliss-reactive ketones (excluding diaryl/α,β-unsaturated/α-hetero) is 1. The molecule has 116 valence electrons. The summed E-state index contributed by atoms with van der Waals surface area (Å²) in [5, 5.41) is 10.4. The molecule has 0 radical (unpaired) electrons. The number of carbonyl (C=O) groups is 1. The minimum Gasteiger partial charge on any atom is -0.393 e. The Hall–Kier alpha value is -0.630. The molecule has 0 amide bonds. The first-order chi connectivity index (χ1) is 9.70. The van der Waals surface area contributed by atoms with Crippen molar-refractivity contribution in [1.82, 2.24) is 0 Å². The maximum Gasteiger partial charge on any atom is 0.136 e. The fraction of sp³-hybridized carbons (Fsp3) is 0.833. The number of ketones is 1. The van der Waals surface area contributed by atoms with Crippen LogP contribution in [0, 0.1) is 11.8 Å². The lowest BCUT2D eigenvalue weighted by Gasteiger charge is -2.23. The lowest BCUT2D eigenvalue weighted by molar-refractivity contribution is -0.121. The minimum atomic E-state index is -0.275. The molecule has 0 aromatic rings. The third kappa shape index (κ3) is 5.78. The van der Waals surface area contributed by atoms with Crippen molar-refractivity contribution in [2.24, 2.45) is 11.8 Å². The zero-order chi connectivity index (χ0) is 14.8. The fourth-order valence-electron chi connectivity index (χ4n) is 3.28. The monoisotopic (exact) mass is 280 g/mol. The standard InChI is InChI=1S/C18H32O2/c1-3-5-7-8-10-12-17(19)16-13-14-18(20)15(16)11-9-6-4-2/h6,9,15-17,19H,3-5,7-8,10-14H2,1-2H3/b9-6-. The van der Waals surface area contributed by atoms with Crippen LogP contribution >= 0.6 is 0 Å². The summed E-state index contributed by atoms with van der Waals surface area (Å²) in [4.78, 5) is 12.0. The van der Waals surface area contributed by atoms with Crippen molar-refractivity contribution in [2.45, 2.75) is 84.2 Å². The Morgan fingerprint density at radius 1 is 1.20 bits per heavy atom. The van der Waals surface area contributed by atoms with E-state index >= 15 is 0 Å². The van der Waals surface area contributed by atoms with Crippen LogP contribution in [0.25, 0.3) is 0 Å². The molecule has 1 aliphatic carbocycles. The van der Waals surface area contributed by atoms with Crippen molar-refractivity contribution in [1.29, 1.82) is 0 Å². The maximum atomic E-state index is 12.0. The molecule has 1 saturated carbocycles. The Morgan fingerprint density at radius 2 is 1.95 bits per heavy atom. The van der Waals surface area contributed by atoms with E-state index in [-0.39, 0.29) is 17.9 Å². The fourth-order valence-corrected chi connectivity index (χ4v) is 3.28. The van der Waals surface area contributed by atoms with E-state index in [0.717, 1.165) is 32.1 Å². The lowest BCUT2D eigenvalue weighted by Crippen LogP contribution is -2.26. The van der Waals surface area contributed by atoms with Crippen LogP contribution in [0.5, 0.6) is 0 Å². The predicted octanol–water partition coefficient (Wildman–Crippen LogP) is 4.66. The van der Waals surface area contributed by atoms with Crippen LogP contribution in [0.4, 0.5) is 0 Å². The first-order valence-corrected chi connectivity index (χ1v) is 8.56. The number of aliphatic hydroxyl groups excluding tert-OH is 1. The summed E-state index contributed by atoms with van der Waals surface area (Å²) >= 11 is 0. The number of aliphatic hydroxyl groups is 1. The Morgan fingerprint density at radius 3 is 2.65 bits per heavy atom. The summed E-state index contributed by atoms with van der Waals surface area (Å²) in [6.45, 7) is 4.32. The molecule has 0 bridgehead atoms. The van der Waals surface area contributed by atoms with E-state index in [9.17, 15) is 9.90 Å². The van der Waals surface area contributed by atoms with E-state index in [4.69, 9.17) is 0 Å². The zero-order valence-electron chi connectivity index (χ0n) is 13.3. The van der Waals surface area contributed by atoms with Gasteiger partial charge in [-0.2, -0.15) is 0 Å². The summed E-state index contributed by atoms with van der Waals surface area (Å²) in [5.41, 5.74) is 0. The summed E-state index contributed by atoms with van der Waals surface area (Å²) in [6.07, 6.45) is 14.4. The van der Waals surface area contributed by atoms with Gasteiger partial charge in [-0.1, -0.05) is 58.1 Å². The van der Waals surface area contributed by atoms with Crippen molar-refractivity contribution in [3.8, 4) is 0 Å². The van der Waals surface area contributed by atoms with Gasteiger partial charge in [-0.3, -0.25) is 4.79 Å². The van der Waals surface area contributed by atoms with Crippen molar-refractivity contribution >= 4 is 5.78 Å². The molecule has 20 heavy (non-hydrogen) atoms. The largest absolute Gasteiger partial charge is 0.393 e. The number of rotatable bonds is 10. The first-order valence-electron chi connectivity index (χ1n) is 8.56. The number of hydrogen-bond donors (Lipinski definition) is 1. The molecule has 0 spiro atoms. The molecule has 3 unspecified atom stereocenters. The highest BCUT2D eigenvalue weighted by atomic mass is 16.3. The molecule has 1 aliphatic rings. The lowest BCUT2D eigenvalue weighted by atomic mass is 9.85. The van der Waals surface area contributed by atoms with E-state index in [2.05, 4.69) is 26.0 Å². The van der Waals surface area contributed by atoms with Gasteiger partial charge in [-0.25, -0.2) is 0 Å². The second-order valence-electron chi connectivity index (χ2n) is 6.16. The van der Waals surface area contributed by atoms with Gasteiger partial charge in [-0.05, 0) is 31.6 Å². The maximum absolute atomic E-state index is 12.0. The second kappa shape index (κ2) is 10.1. The van der Waals surface area contributed by atoms with Gasteiger partial charge in [0.25, 0.3) is 0 Å². The quantitative estimate of drug-likeness (QED) is 0.467. The van der Waals surface area contributed by atoms with Crippen LogP contribution in [0.1, 0.15) is 78.1 Å². The molecule has 0 aromatic heterocycles. The zero-order valence-corrected chi connectivity index (χ0v) is 13.3. The van der Waals surface area contributed by atoms with Crippen LogP contribution < -0.4 is 0 Å². The van der Waals surface area contributed by atoms with Crippen LogP contribution in [-0.4, -0.2) is 17.0 Å². The summed E-state index contributed by atoms with van der Waals surface area (Å²) in [5.74, 6) is 0.638. The predicted molar refractivity (Wildman–Crippen MR) is 84.7 cm³/mol. The van der Waals surface area contributed by atoms with Gasteiger partial charge < -0.3 is 5.11 Å². The Labute approximate surface area is 124 Å². The molecule has 0 aliphatic heterocycles. The Bertz CT molecular complexity index is 296. The van der Waals surface area contributed by atoms with Gasteiger partial charge >= 0.3 is 0 Å². The topological polar surface area (TPSA) is 37.3 Å². The van der Waals surface area contributed by atoms with Crippen LogP contribution in [-0.2, 0) is 4.79 Å². The van der Waals surface area contributed by atoms with Gasteiger partial charge in [0, 0.05) is 12.3 Å².